The number of cyclic esters (lactones) is 1. The van der Waals surface area contributed by atoms with E-state index < -0.39 is 0 Å². The maximum atomic E-state index is 11.0. The summed E-state index contributed by atoms with van der Waals surface area (Å²) in [6.07, 6.45) is 4.20. The molecule has 3 heteroatoms. The van der Waals surface area contributed by atoms with Gasteiger partial charge in [-0.2, -0.15) is 0 Å². The number of ether oxygens (including phenoxy) is 1. The summed E-state index contributed by atoms with van der Waals surface area (Å²) in [6.45, 7) is 1.93. The lowest BCUT2D eigenvalue weighted by molar-refractivity contribution is -0.679. The largest absolute Gasteiger partial charge is 0.454 e. The molecule has 1 aliphatic heterocycles. The molecule has 15 heavy (non-hydrogen) atoms. The maximum absolute atomic E-state index is 11.0. The number of aryl methyl sites for hydroxylation is 1. The van der Waals surface area contributed by atoms with Crippen molar-refractivity contribution < 1.29 is 14.1 Å². The molecular formula is C12H14NO2+. The number of hydrogen-bond acceptors (Lipinski definition) is 2. The zero-order valence-corrected chi connectivity index (χ0v) is 8.93. The number of nitrogens with zero attached hydrogens (tertiary/aromatic N) is 1. The fraction of sp³-hybridized carbons (Fsp3) is 0.333. The predicted molar refractivity (Wildman–Crippen MR) is 55.0 cm³/mol. The molecule has 0 saturated heterocycles. The molecule has 0 saturated carbocycles. The van der Waals surface area contributed by atoms with Gasteiger partial charge in [0.25, 0.3) is 0 Å². The first-order chi connectivity index (χ1) is 7.16. The van der Waals surface area contributed by atoms with Crippen molar-refractivity contribution in [2.75, 3.05) is 0 Å². The van der Waals surface area contributed by atoms with Crippen LogP contribution < -0.4 is 4.57 Å². The third-order valence-electron chi connectivity index (χ3n) is 2.67. The second-order valence-electron chi connectivity index (χ2n) is 3.82. The number of carbonyl (C=O) groups is 1. The molecule has 1 unspecified atom stereocenters. The number of hydrogen-bond donors (Lipinski definition) is 0. The van der Waals surface area contributed by atoms with E-state index in [1.54, 1.807) is 6.08 Å². The van der Waals surface area contributed by atoms with E-state index in [-0.39, 0.29) is 12.1 Å². The van der Waals surface area contributed by atoms with Crippen molar-refractivity contribution in [3.8, 4) is 0 Å². The fourth-order valence-electron chi connectivity index (χ4n) is 1.71. The molecule has 0 radical (unpaired) electrons. The van der Waals surface area contributed by atoms with E-state index in [0.29, 0.717) is 0 Å². The van der Waals surface area contributed by atoms with E-state index in [9.17, 15) is 4.79 Å². The first-order valence-corrected chi connectivity index (χ1v) is 4.99. The molecule has 0 fully saturated rings. The summed E-state index contributed by atoms with van der Waals surface area (Å²) in [5.74, 6) is -0.226. The minimum absolute atomic E-state index is 0.0916. The van der Waals surface area contributed by atoms with Crippen LogP contribution in [0.2, 0.25) is 0 Å². The summed E-state index contributed by atoms with van der Waals surface area (Å²) in [7, 11) is 1.99. The number of pyridine rings is 1. The van der Waals surface area contributed by atoms with Crippen LogP contribution in [0.3, 0.4) is 0 Å². The second-order valence-corrected chi connectivity index (χ2v) is 3.82. The minimum atomic E-state index is -0.226. The topological polar surface area (TPSA) is 30.2 Å². The standard InChI is InChI=1S/C12H14NO2/c1-9-7-12(14)15-11(9)8-10-5-3-4-6-13(10)2/h3-7,11H,8H2,1-2H3/q+1. The van der Waals surface area contributed by atoms with Gasteiger partial charge in [-0.15, -0.1) is 0 Å². The zero-order valence-electron chi connectivity index (χ0n) is 8.93. The molecule has 1 aliphatic rings. The van der Waals surface area contributed by atoms with Crippen LogP contribution in [-0.4, -0.2) is 12.1 Å². The van der Waals surface area contributed by atoms with Crippen LogP contribution in [0.4, 0.5) is 0 Å². The Hall–Kier alpha value is -1.64. The lowest BCUT2D eigenvalue weighted by atomic mass is 10.1. The Morgan fingerprint density at radius 2 is 2.27 bits per heavy atom. The van der Waals surface area contributed by atoms with Gasteiger partial charge in [-0.3, -0.25) is 0 Å². The van der Waals surface area contributed by atoms with E-state index in [4.69, 9.17) is 4.74 Å². The van der Waals surface area contributed by atoms with Gasteiger partial charge in [-0.1, -0.05) is 6.07 Å². The highest BCUT2D eigenvalue weighted by atomic mass is 16.5. The monoisotopic (exact) mass is 204 g/mol. The van der Waals surface area contributed by atoms with Crippen molar-refractivity contribution >= 4 is 5.97 Å². The summed E-state index contributed by atoms with van der Waals surface area (Å²) >= 11 is 0. The SMILES string of the molecule is CC1=CC(=O)OC1Cc1cccc[n+]1C. The first kappa shape index (κ1) is 9.90. The van der Waals surface area contributed by atoms with Crippen LogP contribution in [0.5, 0.6) is 0 Å². The number of esters is 1. The molecule has 0 amide bonds. The molecule has 1 aromatic heterocycles. The van der Waals surface area contributed by atoms with Crippen LogP contribution in [-0.2, 0) is 23.0 Å². The summed E-state index contributed by atoms with van der Waals surface area (Å²) in [4.78, 5) is 11.0. The highest BCUT2D eigenvalue weighted by Gasteiger charge is 2.25. The predicted octanol–water partition coefficient (Wildman–Crippen LogP) is 0.925. The summed E-state index contributed by atoms with van der Waals surface area (Å²) in [5.41, 5.74) is 2.16. The van der Waals surface area contributed by atoms with Gasteiger partial charge in [-0.05, 0) is 12.5 Å². The third-order valence-corrected chi connectivity index (χ3v) is 2.67. The minimum Gasteiger partial charge on any atom is -0.454 e. The molecule has 2 heterocycles. The van der Waals surface area contributed by atoms with Gasteiger partial charge < -0.3 is 4.74 Å². The van der Waals surface area contributed by atoms with Gasteiger partial charge in [0, 0.05) is 18.2 Å². The molecule has 0 N–H and O–H groups in total. The molecular weight excluding hydrogens is 190 g/mol. The van der Waals surface area contributed by atoms with E-state index in [0.717, 1.165) is 17.7 Å². The Kier molecular flexibility index (Phi) is 2.54. The van der Waals surface area contributed by atoms with Gasteiger partial charge >= 0.3 is 5.97 Å². The van der Waals surface area contributed by atoms with Gasteiger partial charge in [0.2, 0.25) is 0 Å². The van der Waals surface area contributed by atoms with Crippen molar-refractivity contribution in [1.82, 2.24) is 0 Å². The van der Waals surface area contributed by atoms with Crippen molar-refractivity contribution in [3.05, 3.63) is 41.7 Å². The van der Waals surface area contributed by atoms with E-state index in [2.05, 4.69) is 0 Å². The summed E-state index contributed by atoms with van der Waals surface area (Å²) in [6, 6.07) is 6.01. The van der Waals surface area contributed by atoms with Gasteiger partial charge in [0.05, 0.1) is 6.42 Å². The Morgan fingerprint density at radius 3 is 2.87 bits per heavy atom. The third kappa shape index (κ3) is 2.06. The molecule has 0 aromatic carbocycles. The molecule has 1 atom stereocenters. The first-order valence-electron chi connectivity index (χ1n) is 4.99. The Labute approximate surface area is 89.0 Å². The molecule has 0 spiro atoms. The molecule has 0 aliphatic carbocycles. The van der Waals surface area contributed by atoms with Crippen LogP contribution >= 0.6 is 0 Å². The average Bonchev–Trinajstić information content (AvgIpc) is 2.49. The summed E-state index contributed by atoms with van der Waals surface area (Å²) in [5, 5.41) is 0. The normalized spacial score (nSPS) is 20.0. The Morgan fingerprint density at radius 1 is 1.47 bits per heavy atom. The van der Waals surface area contributed by atoms with Crippen LogP contribution in [0, 0.1) is 0 Å². The maximum Gasteiger partial charge on any atom is 0.331 e. The van der Waals surface area contributed by atoms with Gasteiger partial charge in [-0.25, -0.2) is 9.36 Å². The van der Waals surface area contributed by atoms with E-state index in [1.807, 2.05) is 42.9 Å². The fourth-order valence-corrected chi connectivity index (χ4v) is 1.71. The highest BCUT2D eigenvalue weighted by molar-refractivity contribution is 5.85. The van der Waals surface area contributed by atoms with Gasteiger partial charge in [0.15, 0.2) is 11.9 Å². The van der Waals surface area contributed by atoms with Crippen molar-refractivity contribution in [3.63, 3.8) is 0 Å². The number of rotatable bonds is 2. The van der Waals surface area contributed by atoms with Crippen molar-refractivity contribution in [1.29, 1.82) is 0 Å². The number of carbonyl (C=O) groups excluding carboxylic acids is 1. The van der Waals surface area contributed by atoms with Crippen LogP contribution in [0.15, 0.2) is 36.0 Å². The lowest BCUT2D eigenvalue weighted by Gasteiger charge is -2.09. The molecule has 3 nitrogen and oxygen atoms in total. The molecule has 2 rings (SSSR count). The smallest absolute Gasteiger partial charge is 0.331 e. The second kappa shape index (κ2) is 3.85. The molecule has 1 aromatic rings. The lowest BCUT2D eigenvalue weighted by Crippen LogP contribution is -2.35. The van der Waals surface area contributed by atoms with Crippen LogP contribution in [0.1, 0.15) is 12.6 Å². The Bertz CT molecular complexity index is 423. The summed E-state index contributed by atoms with van der Waals surface area (Å²) < 4.78 is 7.23. The quantitative estimate of drug-likeness (QED) is 0.530. The van der Waals surface area contributed by atoms with Crippen LogP contribution in [0.25, 0.3) is 0 Å². The zero-order chi connectivity index (χ0) is 10.8. The highest BCUT2D eigenvalue weighted by Crippen LogP contribution is 2.17. The molecule has 0 bridgehead atoms. The van der Waals surface area contributed by atoms with E-state index in [1.165, 1.54) is 0 Å². The molecule has 78 valence electrons. The van der Waals surface area contributed by atoms with E-state index >= 15 is 0 Å². The average molecular weight is 204 g/mol. The van der Waals surface area contributed by atoms with Crippen molar-refractivity contribution in [2.45, 2.75) is 19.4 Å². The number of aromatic nitrogens is 1. The van der Waals surface area contributed by atoms with Gasteiger partial charge in [0.1, 0.15) is 13.2 Å². The Balaban J connectivity index is 2.14. The van der Waals surface area contributed by atoms with Crippen molar-refractivity contribution in [2.24, 2.45) is 7.05 Å².